The number of nitrogens with one attached hydrogen (secondary N) is 1. The highest BCUT2D eigenvalue weighted by atomic mass is 32.1. The van der Waals surface area contributed by atoms with Crippen LogP contribution in [0, 0.1) is 18.6 Å². The Bertz CT molecular complexity index is 1770. The van der Waals surface area contributed by atoms with Crippen LogP contribution in [0.15, 0.2) is 83.7 Å². The minimum absolute atomic E-state index is 0.0794. The Morgan fingerprint density at radius 1 is 0.917 bits per heavy atom. The molecule has 6 heteroatoms. The van der Waals surface area contributed by atoms with Crippen molar-refractivity contribution in [2.45, 2.75) is 26.2 Å². The SMILES string of the molecule is Cc1ccc(C2=Cc3nc(=S)[nH]c(C)c3C(c3nc4ccccc4c(=O)n3-c3ccccc3)C2)cc1. The van der Waals surface area contributed by atoms with Crippen LogP contribution in [0.25, 0.3) is 28.2 Å². The normalized spacial score (nSPS) is 14.9. The molecule has 5 nitrogen and oxygen atoms in total. The molecule has 0 fully saturated rings. The van der Waals surface area contributed by atoms with Gasteiger partial charge in [-0.1, -0.05) is 60.2 Å². The molecule has 36 heavy (non-hydrogen) atoms. The number of benzene rings is 3. The number of para-hydroxylation sites is 2. The van der Waals surface area contributed by atoms with Gasteiger partial charge in [0.1, 0.15) is 5.82 Å². The van der Waals surface area contributed by atoms with Crippen molar-refractivity contribution in [3.8, 4) is 5.69 Å². The van der Waals surface area contributed by atoms with E-state index in [-0.39, 0.29) is 11.5 Å². The van der Waals surface area contributed by atoms with Crippen molar-refractivity contribution < 1.29 is 0 Å². The van der Waals surface area contributed by atoms with Gasteiger partial charge >= 0.3 is 0 Å². The highest BCUT2D eigenvalue weighted by Gasteiger charge is 2.31. The number of H-pyrrole nitrogens is 1. The fourth-order valence-electron chi connectivity index (χ4n) is 5.11. The van der Waals surface area contributed by atoms with Gasteiger partial charge in [-0.15, -0.1) is 0 Å². The lowest BCUT2D eigenvalue weighted by atomic mass is 9.81. The van der Waals surface area contributed by atoms with E-state index in [1.165, 1.54) is 5.56 Å². The first kappa shape index (κ1) is 22.3. The number of rotatable bonds is 3. The second-order valence-electron chi connectivity index (χ2n) is 9.22. The van der Waals surface area contributed by atoms with Crippen molar-refractivity contribution in [1.82, 2.24) is 19.5 Å². The van der Waals surface area contributed by atoms with Gasteiger partial charge in [-0.3, -0.25) is 9.36 Å². The summed E-state index contributed by atoms with van der Waals surface area (Å²) in [6.07, 6.45) is 2.81. The first-order valence-electron chi connectivity index (χ1n) is 11.9. The molecule has 0 aliphatic heterocycles. The number of aromatic nitrogens is 4. The van der Waals surface area contributed by atoms with E-state index in [2.05, 4.69) is 42.2 Å². The summed E-state index contributed by atoms with van der Waals surface area (Å²) >= 11 is 5.43. The summed E-state index contributed by atoms with van der Waals surface area (Å²) in [5.41, 5.74) is 7.66. The van der Waals surface area contributed by atoms with Gasteiger partial charge in [-0.25, -0.2) is 9.97 Å². The maximum atomic E-state index is 13.9. The first-order valence-corrected chi connectivity index (χ1v) is 12.4. The van der Waals surface area contributed by atoms with E-state index in [0.717, 1.165) is 33.8 Å². The van der Waals surface area contributed by atoms with Crippen molar-refractivity contribution in [2.75, 3.05) is 0 Å². The van der Waals surface area contributed by atoms with Crippen LogP contribution in [0.2, 0.25) is 0 Å². The highest BCUT2D eigenvalue weighted by molar-refractivity contribution is 7.71. The monoisotopic (exact) mass is 488 g/mol. The minimum atomic E-state index is -0.196. The number of allylic oxidation sites excluding steroid dienone is 1. The molecule has 176 valence electrons. The van der Waals surface area contributed by atoms with Gasteiger partial charge in [0, 0.05) is 11.3 Å². The summed E-state index contributed by atoms with van der Waals surface area (Å²) in [5.74, 6) is 0.498. The maximum Gasteiger partial charge on any atom is 0.265 e. The molecule has 1 N–H and O–H groups in total. The number of hydrogen-bond donors (Lipinski definition) is 1. The third-order valence-electron chi connectivity index (χ3n) is 6.83. The molecule has 0 saturated carbocycles. The Kier molecular flexibility index (Phi) is 5.46. The largest absolute Gasteiger partial charge is 0.334 e. The van der Waals surface area contributed by atoms with E-state index < -0.39 is 0 Å². The van der Waals surface area contributed by atoms with E-state index in [1.54, 1.807) is 4.57 Å². The molecular formula is C30H24N4OS. The van der Waals surface area contributed by atoms with Crippen LogP contribution in [0.1, 0.15) is 46.2 Å². The van der Waals surface area contributed by atoms with E-state index >= 15 is 0 Å². The molecule has 3 aromatic carbocycles. The molecule has 0 amide bonds. The Morgan fingerprint density at radius 2 is 1.64 bits per heavy atom. The quantitative estimate of drug-likeness (QED) is 0.293. The summed E-state index contributed by atoms with van der Waals surface area (Å²) in [6.45, 7) is 4.10. The standard InChI is InChI=1S/C30H24N4OS/c1-18-12-14-20(15-13-18)21-16-24(27-19(2)31-30(36)33-26(27)17-21)28-32-25-11-7-6-10-23(25)29(35)34(28)22-8-4-3-5-9-22/h3-15,17,24H,16H2,1-2H3,(H,31,33,36). The number of fused-ring (bicyclic) bond motifs is 2. The topological polar surface area (TPSA) is 63.6 Å². The number of hydrogen-bond acceptors (Lipinski definition) is 4. The molecular weight excluding hydrogens is 464 g/mol. The fraction of sp³-hybridized carbons (Fsp3) is 0.133. The summed E-state index contributed by atoms with van der Waals surface area (Å²) in [4.78, 5) is 26.9. The van der Waals surface area contributed by atoms with Crippen molar-refractivity contribution in [3.05, 3.63) is 128 Å². The molecule has 0 bridgehead atoms. The predicted octanol–water partition coefficient (Wildman–Crippen LogP) is 6.53. The number of nitrogens with zero attached hydrogens (tertiary/aromatic N) is 3. The van der Waals surface area contributed by atoms with Gasteiger partial charge in [-0.2, -0.15) is 0 Å². The second kappa shape index (κ2) is 8.81. The Balaban J connectivity index is 1.66. The molecule has 0 saturated heterocycles. The van der Waals surface area contributed by atoms with E-state index in [4.69, 9.17) is 22.2 Å². The Labute approximate surface area is 213 Å². The summed E-state index contributed by atoms with van der Waals surface area (Å²) in [6, 6.07) is 25.8. The van der Waals surface area contributed by atoms with Crippen LogP contribution in [0.5, 0.6) is 0 Å². The molecule has 1 aliphatic rings. The van der Waals surface area contributed by atoms with Crippen LogP contribution < -0.4 is 5.56 Å². The van der Waals surface area contributed by atoms with Gasteiger partial charge in [-0.05, 0) is 74.0 Å². The molecule has 1 aliphatic carbocycles. The van der Waals surface area contributed by atoms with Gasteiger partial charge in [0.25, 0.3) is 5.56 Å². The average Bonchev–Trinajstić information content (AvgIpc) is 2.88. The van der Waals surface area contributed by atoms with Gasteiger partial charge < -0.3 is 4.98 Å². The number of aromatic amines is 1. The number of aryl methyl sites for hydroxylation is 2. The van der Waals surface area contributed by atoms with Crippen molar-refractivity contribution in [3.63, 3.8) is 0 Å². The smallest absolute Gasteiger partial charge is 0.265 e. The minimum Gasteiger partial charge on any atom is -0.334 e. The van der Waals surface area contributed by atoms with E-state index in [0.29, 0.717) is 27.9 Å². The predicted molar refractivity (Wildman–Crippen MR) is 147 cm³/mol. The van der Waals surface area contributed by atoms with Crippen LogP contribution >= 0.6 is 12.2 Å². The highest BCUT2D eigenvalue weighted by Crippen LogP contribution is 2.42. The molecule has 0 spiro atoms. The molecule has 2 aromatic heterocycles. The van der Waals surface area contributed by atoms with E-state index in [9.17, 15) is 4.79 Å². The van der Waals surface area contributed by atoms with Gasteiger partial charge in [0.2, 0.25) is 0 Å². The summed E-state index contributed by atoms with van der Waals surface area (Å²) in [5, 5.41) is 0.595. The summed E-state index contributed by atoms with van der Waals surface area (Å²) in [7, 11) is 0. The lowest BCUT2D eigenvalue weighted by Crippen LogP contribution is -2.28. The van der Waals surface area contributed by atoms with Crippen molar-refractivity contribution >= 4 is 34.8 Å². The zero-order chi connectivity index (χ0) is 24.8. The lowest BCUT2D eigenvalue weighted by molar-refractivity contribution is 0.696. The van der Waals surface area contributed by atoms with E-state index in [1.807, 2.05) is 61.5 Å². The van der Waals surface area contributed by atoms with Crippen LogP contribution in [-0.2, 0) is 0 Å². The summed E-state index contributed by atoms with van der Waals surface area (Å²) < 4.78 is 2.20. The average molecular weight is 489 g/mol. The fourth-order valence-corrected chi connectivity index (χ4v) is 5.36. The molecule has 5 aromatic rings. The van der Waals surface area contributed by atoms with Crippen molar-refractivity contribution in [2.24, 2.45) is 0 Å². The zero-order valence-electron chi connectivity index (χ0n) is 20.0. The Hall–Kier alpha value is -4.16. The molecule has 2 heterocycles. The molecule has 6 rings (SSSR count). The third kappa shape index (κ3) is 3.80. The van der Waals surface area contributed by atoms with Crippen LogP contribution in [0.3, 0.4) is 0 Å². The maximum absolute atomic E-state index is 13.9. The van der Waals surface area contributed by atoms with Gasteiger partial charge in [0.05, 0.1) is 28.2 Å². The molecule has 1 unspecified atom stereocenters. The molecule has 0 radical (unpaired) electrons. The van der Waals surface area contributed by atoms with Crippen LogP contribution in [0.4, 0.5) is 0 Å². The third-order valence-corrected chi connectivity index (χ3v) is 7.02. The second-order valence-corrected chi connectivity index (χ2v) is 9.61. The Morgan fingerprint density at radius 3 is 2.42 bits per heavy atom. The molecule has 1 atom stereocenters. The first-order chi connectivity index (χ1) is 17.5. The lowest BCUT2D eigenvalue weighted by Gasteiger charge is -2.28. The van der Waals surface area contributed by atoms with Gasteiger partial charge in [0.15, 0.2) is 4.77 Å². The van der Waals surface area contributed by atoms with Crippen molar-refractivity contribution in [1.29, 1.82) is 0 Å². The van der Waals surface area contributed by atoms with Crippen LogP contribution in [-0.4, -0.2) is 19.5 Å². The zero-order valence-corrected chi connectivity index (χ0v) is 20.8.